The van der Waals surface area contributed by atoms with Gasteiger partial charge in [-0.2, -0.15) is 9.97 Å². The van der Waals surface area contributed by atoms with Crippen LogP contribution in [0, 0.1) is 0 Å². The number of rotatable bonds is 9. The van der Waals surface area contributed by atoms with Crippen molar-refractivity contribution >= 4 is 5.95 Å². The number of hydrogen-bond acceptors (Lipinski definition) is 6. The maximum absolute atomic E-state index is 5.54. The molecule has 18 heavy (non-hydrogen) atoms. The summed E-state index contributed by atoms with van der Waals surface area (Å²) in [6.07, 6.45) is 5.90. The van der Waals surface area contributed by atoms with E-state index >= 15 is 0 Å². The van der Waals surface area contributed by atoms with Gasteiger partial charge >= 0.3 is 12.0 Å². The van der Waals surface area contributed by atoms with E-state index in [9.17, 15) is 0 Å². The first-order valence-corrected chi connectivity index (χ1v) is 6.53. The molecule has 0 saturated heterocycles. The topological polar surface area (TPSA) is 83.2 Å². The summed E-state index contributed by atoms with van der Waals surface area (Å²) in [7, 11) is 0. The van der Waals surface area contributed by atoms with Crippen LogP contribution in [0.25, 0.3) is 0 Å². The molecular formula is C12H22N4O2. The van der Waals surface area contributed by atoms with Crippen molar-refractivity contribution in [2.45, 2.75) is 46.0 Å². The largest absolute Gasteiger partial charge is 0.464 e. The zero-order valence-electron chi connectivity index (χ0n) is 11.2. The van der Waals surface area contributed by atoms with Crippen LogP contribution in [0.3, 0.4) is 0 Å². The standard InChI is InChI=1S/C12H22N4O2/c1-3-5-6-7-8-9-18-12-15-10(13)14-11(16-12)17-4-2/h3-9H2,1-2H3,(H2,13,14,15,16). The molecule has 0 aromatic carbocycles. The first-order valence-electron chi connectivity index (χ1n) is 6.53. The van der Waals surface area contributed by atoms with Crippen LogP contribution in [0.15, 0.2) is 0 Å². The summed E-state index contributed by atoms with van der Waals surface area (Å²) in [5.74, 6) is 0.120. The molecule has 6 heteroatoms. The fourth-order valence-corrected chi connectivity index (χ4v) is 1.48. The van der Waals surface area contributed by atoms with E-state index in [4.69, 9.17) is 15.2 Å². The third kappa shape index (κ3) is 5.65. The maximum atomic E-state index is 5.54. The fraction of sp³-hybridized carbons (Fsp3) is 0.750. The molecule has 1 heterocycles. The van der Waals surface area contributed by atoms with E-state index in [0.29, 0.717) is 13.2 Å². The number of nitrogen functional groups attached to an aromatic ring is 1. The highest BCUT2D eigenvalue weighted by molar-refractivity contribution is 5.20. The fourth-order valence-electron chi connectivity index (χ4n) is 1.48. The molecule has 102 valence electrons. The van der Waals surface area contributed by atoms with Gasteiger partial charge in [-0.1, -0.05) is 32.6 Å². The number of ether oxygens (including phenoxy) is 2. The van der Waals surface area contributed by atoms with Gasteiger partial charge in [0.1, 0.15) is 0 Å². The average Bonchev–Trinajstić information content (AvgIpc) is 2.33. The maximum Gasteiger partial charge on any atom is 0.324 e. The number of hydrogen-bond donors (Lipinski definition) is 1. The Balaban J connectivity index is 2.32. The lowest BCUT2D eigenvalue weighted by Gasteiger charge is -2.06. The summed E-state index contributed by atoms with van der Waals surface area (Å²) in [5, 5.41) is 0. The lowest BCUT2D eigenvalue weighted by atomic mass is 10.2. The zero-order chi connectivity index (χ0) is 13.2. The first-order chi connectivity index (χ1) is 8.76. The van der Waals surface area contributed by atoms with Gasteiger partial charge in [0, 0.05) is 0 Å². The molecule has 0 unspecified atom stereocenters. The molecule has 6 nitrogen and oxygen atoms in total. The van der Waals surface area contributed by atoms with Crippen LogP contribution in [0.1, 0.15) is 46.0 Å². The van der Waals surface area contributed by atoms with E-state index in [1.807, 2.05) is 6.92 Å². The molecule has 1 rings (SSSR count). The van der Waals surface area contributed by atoms with Crippen molar-refractivity contribution in [1.82, 2.24) is 15.0 Å². The molecule has 0 aliphatic rings. The summed E-state index contributed by atoms with van der Waals surface area (Å²) in [6.45, 7) is 5.13. The lowest BCUT2D eigenvalue weighted by Crippen LogP contribution is -2.07. The highest BCUT2D eigenvalue weighted by Gasteiger charge is 2.05. The highest BCUT2D eigenvalue weighted by atomic mass is 16.5. The molecule has 0 spiro atoms. The molecule has 0 amide bonds. The van der Waals surface area contributed by atoms with E-state index in [0.717, 1.165) is 12.8 Å². The van der Waals surface area contributed by atoms with Gasteiger partial charge in [0.25, 0.3) is 0 Å². The number of nitrogens with zero attached hydrogens (tertiary/aromatic N) is 3. The Hall–Kier alpha value is -1.59. The number of unbranched alkanes of at least 4 members (excludes halogenated alkanes) is 4. The Morgan fingerprint density at radius 2 is 1.56 bits per heavy atom. The smallest absolute Gasteiger partial charge is 0.324 e. The molecule has 0 radical (unpaired) electrons. The minimum absolute atomic E-state index is 0.120. The van der Waals surface area contributed by atoms with Gasteiger partial charge in [-0.25, -0.2) is 0 Å². The van der Waals surface area contributed by atoms with Gasteiger partial charge in [-0.3, -0.25) is 0 Å². The van der Waals surface area contributed by atoms with E-state index < -0.39 is 0 Å². The van der Waals surface area contributed by atoms with Gasteiger partial charge in [0.2, 0.25) is 5.95 Å². The summed E-state index contributed by atoms with van der Waals surface area (Å²) < 4.78 is 10.6. The van der Waals surface area contributed by atoms with Crippen LogP contribution in [-0.4, -0.2) is 28.2 Å². The Morgan fingerprint density at radius 1 is 0.889 bits per heavy atom. The second kappa shape index (κ2) is 8.49. The van der Waals surface area contributed by atoms with Crippen molar-refractivity contribution in [3.8, 4) is 12.0 Å². The number of anilines is 1. The molecule has 0 aliphatic carbocycles. The molecule has 0 fully saturated rings. The predicted octanol–water partition coefficient (Wildman–Crippen LogP) is 2.20. The molecule has 0 aliphatic heterocycles. The van der Waals surface area contributed by atoms with Crippen molar-refractivity contribution in [3.05, 3.63) is 0 Å². The van der Waals surface area contributed by atoms with Crippen LogP contribution in [0.4, 0.5) is 5.95 Å². The minimum Gasteiger partial charge on any atom is -0.464 e. The van der Waals surface area contributed by atoms with Crippen LogP contribution >= 0.6 is 0 Å². The van der Waals surface area contributed by atoms with Crippen molar-refractivity contribution in [1.29, 1.82) is 0 Å². The van der Waals surface area contributed by atoms with Gasteiger partial charge in [0.05, 0.1) is 13.2 Å². The van der Waals surface area contributed by atoms with Crippen LogP contribution in [0.5, 0.6) is 12.0 Å². The monoisotopic (exact) mass is 254 g/mol. The number of aromatic nitrogens is 3. The molecule has 0 atom stereocenters. The molecule has 0 bridgehead atoms. The van der Waals surface area contributed by atoms with E-state index in [1.54, 1.807) is 0 Å². The molecule has 2 N–H and O–H groups in total. The van der Waals surface area contributed by atoms with Crippen LogP contribution in [-0.2, 0) is 0 Å². The van der Waals surface area contributed by atoms with Crippen molar-refractivity contribution in [2.24, 2.45) is 0 Å². The predicted molar refractivity (Wildman–Crippen MR) is 69.7 cm³/mol. The number of nitrogens with two attached hydrogens (primary N) is 1. The van der Waals surface area contributed by atoms with Gasteiger partial charge < -0.3 is 15.2 Å². The Kier molecular flexibility index (Phi) is 6.83. The molecule has 1 aromatic heterocycles. The normalized spacial score (nSPS) is 10.3. The van der Waals surface area contributed by atoms with E-state index in [-0.39, 0.29) is 18.0 Å². The summed E-state index contributed by atoms with van der Waals surface area (Å²) in [5.41, 5.74) is 5.54. The highest BCUT2D eigenvalue weighted by Crippen LogP contribution is 2.11. The second-order valence-electron chi connectivity index (χ2n) is 3.95. The lowest BCUT2D eigenvalue weighted by molar-refractivity contribution is 0.263. The third-order valence-corrected chi connectivity index (χ3v) is 2.36. The Bertz CT molecular complexity index is 347. The quantitative estimate of drug-likeness (QED) is 0.680. The Labute approximate surface area is 108 Å². The van der Waals surface area contributed by atoms with Crippen molar-refractivity contribution in [3.63, 3.8) is 0 Å². The Morgan fingerprint density at radius 3 is 2.22 bits per heavy atom. The molecule has 1 aromatic rings. The first kappa shape index (κ1) is 14.5. The van der Waals surface area contributed by atoms with Gasteiger partial charge in [0.15, 0.2) is 0 Å². The molecule has 0 saturated carbocycles. The van der Waals surface area contributed by atoms with Crippen molar-refractivity contribution in [2.75, 3.05) is 18.9 Å². The molecular weight excluding hydrogens is 232 g/mol. The average molecular weight is 254 g/mol. The summed E-state index contributed by atoms with van der Waals surface area (Å²) >= 11 is 0. The van der Waals surface area contributed by atoms with Crippen molar-refractivity contribution < 1.29 is 9.47 Å². The van der Waals surface area contributed by atoms with E-state index in [1.165, 1.54) is 19.3 Å². The minimum atomic E-state index is 0.120. The van der Waals surface area contributed by atoms with Crippen LogP contribution < -0.4 is 15.2 Å². The summed E-state index contributed by atoms with van der Waals surface area (Å²) in [6, 6.07) is 0.451. The summed E-state index contributed by atoms with van der Waals surface area (Å²) in [4.78, 5) is 11.8. The van der Waals surface area contributed by atoms with Gasteiger partial charge in [-0.05, 0) is 13.3 Å². The third-order valence-electron chi connectivity index (χ3n) is 2.36. The second-order valence-corrected chi connectivity index (χ2v) is 3.95. The van der Waals surface area contributed by atoms with Crippen LogP contribution in [0.2, 0.25) is 0 Å². The van der Waals surface area contributed by atoms with Gasteiger partial charge in [-0.15, -0.1) is 4.98 Å². The zero-order valence-corrected chi connectivity index (χ0v) is 11.2. The van der Waals surface area contributed by atoms with E-state index in [2.05, 4.69) is 21.9 Å². The SMILES string of the molecule is CCCCCCCOc1nc(N)nc(OCC)n1.